The first kappa shape index (κ1) is 19.9. The van der Waals surface area contributed by atoms with E-state index in [4.69, 9.17) is 23.8 Å². The van der Waals surface area contributed by atoms with Crippen molar-refractivity contribution in [3.63, 3.8) is 0 Å². The number of benzene rings is 1. The van der Waals surface area contributed by atoms with Crippen LogP contribution in [-0.4, -0.2) is 26.1 Å². The first-order valence-corrected chi connectivity index (χ1v) is 10.7. The van der Waals surface area contributed by atoms with E-state index in [9.17, 15) is 0 Å². The second-order valence-corrected chi connectivity index (χ2v) is 8.70. The van der Waals surface area contributed by atoms with Crippen molar-refractivity contribution in [3.8, 4) is 5.69 Å². The van der Waals surface area contributed by atoms with Gasteiger partial charge in [0, 0.05) is 35.3 Å². The summed E-state index contributed by atoms with van der Waals surface area (Å²) in [6.45, 7) is 7.35. The molecular formula is C23H25ClN4S. The highest BCUT2D eigenvalue weighted by atomic mass is 35.5. The van der Waals surface area contributed by atoms with Gasteiger partial charge in [-0.25, -0.2) is 0 Å². The van der Waals surface area contributed by atoms with Gasteiger partial charge in [0.05, 0.1) is 17.8 Å². The summed E-state index contributed by atoms with van der Waals surface area (Å²) in [5.41, 5.74) is 4.32. The average Bonchev–Trinajstić information content (AvgIpc) is 3.29. The lowest BCUT2D eigenvalue weighted by Crippen LogP contribution is -2.33. The van der Waals surface area contributed by atoms with Gasteiger partial charge in [0.25, 0.3) is 0 Å². The summed E-state index contributed by atoms with van der Waals surface area (Å²) in [6.07, 6.45) is 3.94. The normalized spacial score (nSPS) is 19.1. The third-order valence-corrected chi connectivity index (χ3v) is 6.04. The minimum absolute atomic E-state index is 0.00972. The SMILES string of the molecule is Cc1cc(-n2cccc2C2C(c3ccccn3)NC(=S)N2CC(C)C)ccc1Cl. The van der Waals surface area contributed by atoms with Crippen molar-refractivity contribution in [3.05, 3.63) is 82.9 Å². The maximum atomic E-state index is 6.26. The maximum Gasteiger partial charge on any atom is 0.170 e. The van der Waals surface area contributed by atoms with Crippen LogP contribution >= 0.6 is 23.8 Å². The Kier molecular flexibility index (Phi) is 5.61. The molecule has 0 aliphatic carbocycles. The summed E-state index contributed by atoms with van der Waals surface area (Å²) in [5, 5.41) is 5.08. The number of rotatable bonds is 5. The highest BCUT2D eigenvalue weighted by molar-refractivity contribution is 7.80. The fourth-order valence-electron chi connectivity index (χ4n) is 3.97. The molecule has 1 aromatic carbocycles. The summed E-state index contributed by atoms with van der Waals surface area (Å²) in [4.78, 5) is 6.92. The van der Waals surface area contributed by atoms with Gasteiger partial charge in [-0.1, -0.05) is 31.5 Å². The number of aryl methyl sites for hydroxylation is 1. The molecule has 29 heavy (non-hydrogen) atoms. The first-order valence-electron chi connectivity index (χ1n) is 9.87. The summed E-state index contributed by atoms with van der Waals surface area (Å²) >= 11 is 12.0. The van der Waals surface area contributed by atoms with E-state index in [2.05, 4.69) is 70.1 Å². The molecule has 2 atom stereocenters. The van der Waals surface area contributed by atoms with E-state index >= 15 is 0 Å². The molecule has 1 saturated heterocycles. The van der Waals surface area contributed by atoms with Crippen LogP contribution in [-0.2, 0) is 0 Å². The molecule has 1 aliphatic rings. The zero-order chi connectivity index (χ0) is 20.5. The molecular weight excluding hydrogens is 400 g/mol. The fourth-order valence-corrected chi connectivity index (χ4v) is 4.40. The lowest BCUT2D eigenvalue weighted by molar-refractivity contribution is 0.280. The lowest BCUT2D eigenvalue weighted by atomic mass is 10.0. The molecule has 2 aromatic heterocycles. The van der Waals surface area contributed by atoms with E-state index in [1.165, 1.54) is 5.69 Å². The van der Waals surface area contributed by atoms with Gasteiger partial charge in [0.15, 0.2) is 5.11 Å². The van der Waals surface area contributed by atoms with E-state index in [1.807, 2.05) is 31.3 Å². The third kappa shape index (κ3) is 3.89. The standard InChI is InChI=1S/C23H25ClN4S/c1-15(2)14-28-22(21(26-23(28)29)19-7-4-5-11-25-19)20-8-6-12-27(20)17-9-10-18(24)16(3)13-17/h4-13,15,21-22H,14H2,1-3H3,(H,26,29). The van der Waals surface area contributed by atoms with Crippen molar-refractivity contribution >= 4 is 28.9 Å². The second kappa shape index (κ2) is 8.17. The number of aromatic nitrogens is 2. The van der Waals surface area contributed by atoms with Crippen molar-refractivity contribution in [1.29, 1.82) is 0 Å². The number of nitrogens with zero attached hydrogens (tertiary/aromatic N) is 3. The van der Waals surface area contributed by atoms with Crippen LogP contribution in [0.3, 0.4) is 0 Å². The highest BCUT2D eigenvalue weighted by Crippen LogP contribution is 2.40. The van der Waals surface area contributed by atoms with E-state index in [0.717, 1.165) is 33.6 Å². The minimum atomic E-state index is -0.00972. The molecule has 3 heterocycles. The first-order chi connectivity index (χ1) is 14.0. The summed E-state index contributed by atoms with van der Waals surface area (Å²) in [6, 6.07) is 16.5. The van der Waals surface area contributed by atoms with Gasteiger partial charge in [0.2, 0.25) is 0 Å². The van der Waals surface area contributed by atoms with Gasteiger partial charge >= 0.3 is 0 Å². The number of hydrogen-bond donors (Lipinski definition) is 1. The molecule has 1 N–H and O–H groups in total. The number of pyridine rings is 1. The molecule has 6 heteroatoms. The molecule has 4 nitrogen and oxygen atoms in total. The van der Waals surface area contributed by atoms with Crippen LogP contribution in [0.25, 0.3) is 5.69 Å². The predicted molar refractivity (Wildman–Crippen MR) is 123 cm³/mol. The van der Waals surface area contributed by atoms with E-state index in [1.54, 1.807) is 0 Å². The Balaban J connectivity index is 1.82. The Morgan fingerprint density at radius 1 is 1.17 bits per heavy atom. The van der Waals surface area contributed by atoms with Crippen molar-refractivity contribution < 1.29 is 0 Å². The monoisotopic (exact) mass is 424 g/mol. The van der Waals surface area contributed by atoms with Crippen molar-refractivity contribution in [1.82, 2.24) is 19.8 Å². The number of thiocarbonyl (C=S) groups is 1. The van der Waals surface area contributed by atoms with Crippen molar-refractivity contribution in [2.45, 2.75) is 32.9 Å². The van der Waals surface area contributed by atoms with Gasteiger partial charge in [-0.05, 0) is 73.1 Å². The second-order valence-electron chi connectivity index (χ2n) is 7.91. The number of nitrogens with one attached hydrogen (secondary N) is 1. The van der Waals surface area contributed by atoms with Crippen LogP contribution in [0.5, 0.6) is 0 Å². The van der Waals surface area contributed by atoms with Crippen LogP contribution in [0.4, 0.5) is 0 Å². The number of hydrogen-bond acceptors (Lipinski definition) is 2. The average molecular weight is 425 g/mol. The van der Waals surface area contributed by atoms with Gasteiger partial charge in [-0.2, -0.15) is 0 Å². The third-order valence-electron chi connectivity index (χ3n) is 5.26. The molecule has 4 rings (SSSR count). The van der Waals surface area contributed by atoms with E-state index in [0.29, 0.717) is 5.92 Å². The zero-order valence-electron chi connectivity index (χ0n) is 16.8. The fraction of sp³-hybridized carbons (Fsp3) is 0.304. The smallest absolute Gasteiger partial charge is 0.170 e. The molecule has 1 aliphatic heterocycles. The van der Waals surface area contributed by atoms with Crippen LogP contribution in [0.2, 0.25) is 5.02 Å². The maximum absolute atomic E-state index is 6.26. The van der Waals surface area contributed by atoms with Crippen LogP contribution < -0.4 is 5.32 Å². The lowest BCUT2D eigenvalue weighted by Gasteiger charge is -2.30. The molecule has 0 radical (unpaired) electrons. The predicted octanol–water partition coefficient (Wildman–Crippen LogP) is 5.46. The summed E-state index contributed by atoms with van der Waals surface area (Å²) in [7, 11) is 0. The Morgan fingerprint density at radius 3 is 2.69 bits per heavy atom. The Bertz CT molecular complexity index is 1010. The molecule has 2 unspecified atom stereocenters. The summed E-state index contributed by atoms with van der Waals surface area (Å²) in [5.74, 6) is 0.487. The van der Waals surface area contributed by atoms with Gasteiger partial charge in [0.1, 0.15) is 0 Å². The zero-order valence-corrected chi connectivity index (χ0v) is 18.4. The largest absolute Gasteiger partial charge is 0.352 e. The van der Waals surface area contributed by atoms with Crippen molar-refractivity contribution in [2.24, 2.45) is 5.92 Å². The molecule has 0 saturated carbocycles. The highest BCUT2D eigenvalue weighted by Gasteiger charge is 2.41. The summed E-state index contributed by atoms with van der Waals surface area (Å²) < 4.78 is 2.23. The Hall–Kier alpha value is -2.37. The van der Waals surface area contributed by atoms with Gasteiger partial charge in [-0.15, -0.1) is 0 Å². The van der Waals surface area contributed by atoms with Gasteiger partial charge in [-0.3, -0.25) is 4.98 Å². The molecule has 0 spiro atoms. The van der Waals surface area contributed by atoms with Crippen molar-refractivity contribution in [2.75, 3.05) is 6.54 Å². The van der Waals surface area contributed by atoms with Gasteiger partial charge < -0.3 is 14.8 Å². The quantitative estimate of drug-likeness (QED) is 0.551. The topological polar surface area (TPSA) is 33.1 Å². The Labute approximate surface area is 182 Å². The molecule has 150 valence electrons. The van der Waals surface area contributed by atoms with Crippen LogP contribution in [0, 0.1) is 12.8 Å². The molecule has 0 bridgehead atoms. The van der Waals surface area contributed by atoms with Crippen LogP contribution in [0.15, 0.2) is 60.9 Å². The minimum Gasteiger partial charge on any atom is -0.352 e. The Morgan fingerprint density at radius 2 is 2.00 bits per heavy atom. The number of halogens is 1. The van der Waals surface area contributed by atoms with E-state index < -0.39 is 0 Å². The molecule has 0 amide bonds. The molecule has 1 fully saturated rings. The molecule has 3 aromatic rings. The van der Waals surface area contributed by atoms with Crippen LogP contribution in [0.1, 0.15) is 42.9 Å². The van der Waals surface area contributed by atoms with E-state index in [-0.39, 0.29) is 12.1 Å².